The lowest BCUT2D eigenvalue weighted by Gasteiger charge is -2.13. The summed E-state index contributed by atoms with van der Waals surface area (Å²) in [5.74, 6) is 0. The number of H-pyrrole nitrogens is 1. The molecule has 0 saturated carbocycles. The third kappa shape index (κ3) is 2.97. The number of nitrogens with one attached hydrogen (secondary N) is 2. The van der Waals surface area contributed by atoms with Crippen LogP contribution in [0.25, 0.3) is 0 Å². The summed E-state index contributed by atoms with van der Waals surface area (Å²) in [6.45, 7) is 4.36. The van der Waals surface area contributed by atoms with Crippen LogP contribution in [0, 0.1) is 17.0 Å². The van der Waals surface area contributed by atoms with Gasteiger partial charge < -0.3 is 5.32 Å². The summed E-state index contributed by atoms with van der Waals surface area (Å²) in [4.78, 5) is 10.5. The Bertz CT molecular complexity index is 566. The van der Waals surface area contributed by atoms with Gasteiger partial charge in [0.15, 0.2) is 0 Å². The molecule has 2 N–H and O–H groups in total. The molecule has 1 heterocycles. The van der Waals surface area contributed by atoms with E-state index in [1.165, 1.54) is 6.07 Å². The van der Waals surface area contributed by atoms with E-state index in [-0.39, 0.29) is 16.7 Å². The Labute approximate surface area is 111 Å². The van der Waals surface area contributed by atoms with Crippen molar-refractivity contribution in [3.63, 3.8) is 0 Å². The molecule has 0 aliphatic carbocycles. The fourth-order valence-corrected chi connectivity index (χ4v) is 1.94. The number of rotatable bonds is 5. The van der Waals surface area contributed by atoms with E-state index >= 15 is 0 Å². The van der Waals surface area contributed by atoms with Crippen molar-refractivity contribution >= 4 is 5.69 Å². The molecule has 1 unspecified atom stereocenters. The third-order valence-electron chi connectivity index (χ3n) is 3.20. The zero-order chi connectivity index (χ0) is 13.8. The van der Waals surface area contributed by atoms with Crippen molar-refractivity contribution in [2.75, 3.05) is 0 Å². The number of aromatic amines is 1. The van der Waals surface area contributed by atoms with Crippen molar-refractivity contribution < 1.29 is 4.92 Å². The van der Waals surface area contributed by atoms with Crippen LogP contribution in [0.3, 0.4) is 0 Å². The standard InChI is InChI=1S/C13H16N4O2/c1-9-11(4-3-5-13(9)17(18)19)8-14-10(2)12-6-7-15-16-12/h3-7,10,14H,8H2,1-2H3,(H,15,16). The number of nitro benzene ring substituents is 1. The Morgan fingerprint density at radius 1 is 1.47 bits per heavy atom. The van der Waals surface area contributed by atoms with Crippen LogP contribution in [0.4, 0.5) is 5.69 Å². The van der Waals surface area contributed by atoms with Crippen LogP contribution in [-0.2, 0) is 6.54 Å². The normalized spacial score (nSPS) is 12.3. The van der Waals surface area contributed by atoms with Gasteiger partial charge in [-0.2, -0.15) is 5.10 Å². The quantitative estimate of drug-likeness (QED) is 0.639. The maximum absolute atomic E-state index is 10.9. The van der Waals surface area contributed by atoms with Gasteiger partial charge in [-0.05, 0) is 25.5 Å². The lowest BCUT2D eigenvalue weighted by molar-refractivity contribution is -0.385. The Kier molecular flexibility index (Phi) is 3.91. The average molecular weight is 260 g/mol. The second kappa shape index (κ2) is 5.62. The van der Waals surface area contributed by atoms with Crippen LogP contribution in [0.2, 0.25) is 0 Å². The maximum Gasteiger partial charge on any atom is 0.272 e. The van der Waals surface area contributed by atoms with E-state index in [0.29, 0.717) is 12.1 Å². The zero-order valence-electron chi connectivity index (χ0n) is 10.9. The van der Waals surface area contributed by atoms with Crippen LogP contribution in [0.5, 0.6) is 0 Å². The minimum atomic E-state index is -0.350. The first kappa shape index (κ1) is 13.2. The van der Waals surface area contributed by atoms with Gasteiger partial charge in [-0.15, -0.1) is 0 Å². The smallest absolute Gasteiger partial charge is 0.272 e. The van der Waals surface area contributed by atoms with Crippen LogP contribution in [-0.4, -0.2) is 15.1 Å². The van der Waals surface area contributed by atoms with Crippen molar-refractivity contribution in [3.05, 3.63) is 57.4 Å². The Morgan fingerprint density at radius 2 is 2.26 bits per heavy atom. The number of hydrogen-bond donors (Lipinski definition) is 2. The highest BCUT2D eigenvalue weighted by molar-refractivity contribution is 5.44. The second-order valence-electron chi connectivity index (χ2n) is 4.43. The number of aromatic nitrogens is 2. The fraction of sp³-hybridized carbons (Fsp3) is 0.308. The molecule has 19 heavy (non-hydrogen) atoms. The molecule has 1 aromatic heterocycles. The largest absolute Gasteiger partial charge is 0.305 e. The highest BCUT2D eigenvalue weighted by atomic mass is 16.6. The van der Waals surface area contributed by atoms with E-state index in [4.69, 9.17) is 0 Å². The van der Waals surface area contributed by atoms with Gasteiger partial charge in [0.2, 0.25) is 0 Å². The summed E-state index contributed by atoms with van der Waals surface area (Å²) in [5.41, 5.74) is 2.79. The summed E-state index contributed by atoms with van der Waals surface area (Å²) in [7, 11) is 0. The Morgan fingerprint density at radius 3 is 2.89 bits per heavy atom. The molecule has 6 heteroatoms. The first-order valence-electron chi connectivity index (χ1n) is 6.05. The van der Waals surface area contributed by atoms with Crippen molar-refractivity contribution in [2.24, 2.45) is 0 Å². The maximum atomic E-state index is 10.9. The van der Waals surface area contributed by atoms with Crippen molar-refractivity contribution in [1.29, 1.82) is 0 Å². The van der Waals surface area contributed by atoms with Gasteiger partial charge in [-0.1, -0.05) is 12.1 Å². The first-order valence-corrected chi connectivity index (χ1v) is 6.05. The van der Waals surface area contributed by atoms with Gasteiger partial charge in [0.1, 0.15) is 0 Å². The van der Waals surface area contributed by atoms with Gasteiger partial charge in [0.05, 0.1) is 10.6 Å². The molecule has 0 aliphatic rings. The number of nitro groups is 1. The van der Waals surface area contributed by atoms with Crippen LogP contribution >= 0.6 is 0 Å². The lowest BCUT2D eigenvalue weighted by Crippen LogP contribution is -2.19. The predicted molar refractivity (Wildman–Crippen MR) is 71.7 cm³/mol. The molecule has 0 bridgehead atoms. The van der Waals surface area contributed by atoms with Crippen molar-refractivity contribution in [1.82, 2.24) is 15.5 Å². The summed E-state index contributed by atoms with van der Waals surface area (Å²) in [6, 6.07) is 7.15. The third-order valence-corrected chi connectivity index (χ3v) is 3.20. The van der Waals surface area contributed by atoms with Gasteiger partial charge in [0, 0.05) is 30.4 Å². The molecule has 0 spiro atoms. The molecular weight excluding hydrogens is 244 g/mol. The Hall–Kier alpha value is -2.21. The molecule has 0 fully saturated rings. The summed E-state index contributed by atoms with van der Waals surface area (Å²) in [5, 5.41) is 21.0. The van der Waals surface area contributed by atoms with Crippen LogP contribution in [0.1, 0.15) is 29.8 Å². The molecule has 0 radical (unpaired) electrons. The van der Waals surface area contributed by atoms with E-state index in [2.05, 4.69) is 15.5 Å². The molecule has 6 nitrogen and oxygen atoms in total. The highest BCUT2D eigenvalue weighted by Gasteiger charge is 2.14. The van der Waals surface area contributed by atoms with E-state index in [1.807, 2.05) is 19.1 Å². The first-order chi connectivity index (χ1) is 9.09. The van der Waals surface area contributed by atoms with E-state index < -0.39 is 0 Å². The van der Waals surface area contributed by atoms with Crippen molar-refractivity contribution in [2.45, 2.75) is 26.4 Å². The molecule has 0 saturated heterocycles. The van der Waals surface area contributed by atoms with E-state index in [1.54, 1.807) is 19.2 Å². The second-order valence-corrected chi connectivity index (χ2v) is 4.43. The molecule has 2 rings (SSSR count). The minimum absolute atomic E-state index is 0.112. The zero-order valence-corrected chi connectivity index (χ0v) is 10.9. The van der Waals surface area contributed by atoms with E-state index in [0.717, 1.165) is 11.3 Å². The van der Waals surface area contributed by atoms with E-state index in [9.17, 15) is 10.1 Å². The summed E-state index contributed by atoms with van der Waals surface area (Å²) in [6.07, 6.45) is 1.70. The number of nitrogens with zero attached hydrogens (tertiary/aromatic N) is 2. The highest BCUT2D eigenvalue weighted by Crippen LogP contribution is 2.21. The Balaban J connectivity index is 2.08. The number of hydrogen-bond acceptors (Lipinski definition) is 4. The van der Waals surface area contributed by atoms with Crippen molar-refractivity contribution in [3.8, 4) is 0 Å². The summed E-state index contributed by atoms with van der Waals surface area (Å²) >= 11 is 0. The molecule has 0 aliphatic heterocycles. The lowest BCUT2D eigenvalue weighted by atomic mass is 10.1. The molecular formula is C13H16N4O2. The number of benzene rings is 1. The monoisotopic (exact) mass is 260 g/mol. The molecule has 0 amide bonds. The average Bonchev–Trinajstić information content (AvgIpc) is 2.90. The SMILES string of the molecule is Cc1c(CNC(C)c2ccn[nH]2)cccc1[N+](=O)[O-]. The predicted octanol–water partition coefficient (Wildman–Crippen LogP) is 2.48. The molecule has 1 aromatic carbocycles. The molecule has 100 valence electrons. The van der Waals surface area contributed by atoms with Crippen LogP contribution < -0.4 is 5.32 Å². The van der Waals surface area contributed by atoms with Gasteiger partial charge in [0.25, 0.3) is 5.69 Å². The van der Waals surface area contributed by atoms with Gasteiger partial charge >= 0.3 is 0 Å². The molecule has 2 aromatic rings. The fourth-order valence-electron chi connectivity index (χ4n) is 1.94. The van der Waals surface area contributed by atoms with Crippen LogP contribution in [0.15, 0.2) is 30.5 Å². The topological polar surface area (TPSA) is 83.8 Å². The van der Waals surface area contributed by atoms with Gasteiger partial charge in [-0.3, -0.25) is 15.2 Å². The minimum Gasteiger partial charge on any atom is -0.305 e. The molecule has 1 atom stereocenters. The van der Waals surface area contributed by atoms with Gasteiger partial charge in [-0.25, -0.2) is 0 Å². The summed E-state index contributed by atoms with van der Waals surface area (Å²) < 4.78 is 0.